The van der Waals surface area contributed by atoms with Crippen LogP contribution in [0.1, 0.15) is 48.3 Å². The lowest BCUT2D eigenvalue weighted by Crippen LogP contribution is -2.49. The van der Waals surface area contributed by atoms with Gasteiger partial charge in [0, 0.05) is 60.2 Å². The minimum absolute atomic E-state index is 0.0971. The van der Waals surface area contributed by atoms with Crippen molar-refractivity contribution in [2.45, 2.75) is 48.1 Å². The van der Waals surface area contributed by atoms with Crippen molar-refractivity contribution in [2.24, 2.45) is 5.92 Å². The maximum Gasteiger partial charge on any atom is 0.404 e. The number of amides is 4. The number of unbranched alkanes of at least 4 members (excludes halogenated alkanes) is 1. The van der Waals surface area contributed by atoms with Gasteiger partial charge in [0.2, 0.25) is 11.8 Å². The number of nitrogens with zero attached hydrogens (tertiary/aromatic N) is 2. The molecular weight excluding hydrogens is 648 g/mol. The molecule has 0 spiro atoms. The summed E-state index contributed by atoms with van der Waals surface area (Å²) in [5.74, 6) is 0.0914. The minimum Gasteiger partial charge on any atom is -0.465 e. The van der Waals surface area contributed by atoms with Crippen LogP contribution in [0.4, 0.5) is 4.79 Å². The molecule has 256 valence electrons. The second-order valence-corrected chi connectivity index (χ2v) is 13.2. The van der Waals surface area contributed by atoms with Gasteiger partial charge in [-0.2, -0.15) is 0 Å². The van der Waals surface area contributed by atoms with E-state index in [1.165, 1.54) is 4.90 Å². The number of hydrogen-bond acceptors (Lipinski definition) is 8. The van der Waals surface area contributed by atoms with Crippen LogP contribution in [0.15, 0.2) is 76.8 Å². The summed E-state index contributed by atoms with van der Waals surface area (Å²) < 4.78 is 11.9. The highest BCUT2D eigenvalue weighted by Gasteiger charge is 2.40. The van der Waals surface area contributed by atoms with Crippen molar-refractivity contribution in [3.05, 3.63) is 78.2 Å². The first-order valence-electron chi connectivity index (χ1n) is 16.2. The van der Waals surface area contributed by atoms with E-state index in [1.807, 2.05) is 49.4 Å². The van der Waals surface area contributed by atoms with Crippen molar-refractivity contribution >= 4 is 46.5 Å². The van der Waals surface area contributed by atoms with Crippen LogP contribution in [-0.4, -0.2) is 82.7 Å². The first-order chi connectivity index (χ1) is 23.7. The zero-order valence-corrected chi connectivity index (χ0v) is 27.8. The highest BCUT2D eigenvalue weighted by Crippen LogP contribution is 2.46. The topological polar surface area (TPSA) is 175 Å². The third-order valence-corrected chi connectivity index (χ3v) is 9.63. The summed E-state index contributed by atoms with van der Waals surface area (Å²) in [6.07, 6.45) is 4.09. The molecule has 0 saturated carbocycles. The Morgan fingerprint density at radius 1 is 1.08 bits per heavy atom. The van der Waals surface area contributed by atoms with Gasteiger partial charge in [0.25, 0.3) is 5.91 Å². The van der Waals surface area contributed by atoms with Crippen LogP contribution in [0.5, 0.6) is 11.5 Å². The molecule has 2 aromatic heterocycles. The monoisotopic (exact) mass is 686 g/mol. The lowest BCUT2D eigenvalue weighted by molar-refractivity contribution is -0.138. The Hall–Kier alpha value is -5.08. The fraction of sp³-hybridized carbons (Fsp3) is 0.343. The number of aromatic nitrogens is 2. The molecule has 2 aliphatic rings. The van der Waals surface area contributed by atoms with E-state index in [9.17, 15) is 19.2 Å². The lowest BCUT2D eigenvalue weighted by Gasteiger charge is -2.25. The maximum atomic E-state index is 13.7. The molecule has 1 fully saturated rings. The quantitative estimate of drug-likeness (QED) is 0.110. The third kappa shape index (κ3) is 8.32. The average molecular weight is 687 g/mol. The SMILES string of the molecule is C[C@@H](NC(=O)[C@@H]1CC(COCCCCNC(=O)O)CN1C(=O)CNC(=O)c1ccc2c(c1)Oc1ccccc1S2)c1cc2cnccc2[nH]1. The zero-order chi connectivity index (χ0) is 34.3. The molecule has 1 saturated heterocycles. The molecule has 5 N–H and O–H groups in total. The Morgan fingerprint density at radius 3 is 2.76 bits per heavy atom. The van der Waals surface area contributed by atoms with E-state index in [1.54, 1.807) is 36.3 Å². The number of rotatable bonds is 13. The summed E-state index contributed by atoms with van der Waals surface area (Å²) in [7, 11) is 0. The number of fused-ring (bicyclic) bond motifs is 3. The number of aromatic amines is 1. The molecule has 4 heterocycles. The standard InChI is InChI=1S/C35H38N6O7S/c1-21(26-15-24-17-36-12-10-25(24)40-26)39-34(44)27-14-22(20-47-13-5-4-11-37-35(45)46)19-41(27)32(42)18-38-33(43)23-8-9-31-29(16-23)48-28-6-2-3-7-30(28)49-31/h2-3,6-10,12,15-17,21-22,27,37,40H,4-5,11,13-14,18-20H2,1H3,(H,38,43)(H,39,44)(H,45,46)/t21-,22?,27+/m1/s1. The number of carbonyl (C=O) groups excluding carboxylic acids is 3. The van der Waals surface area contributed by atoms with Gasteiger partial charge in [0.05, 0.1) is 29.0 Å². The number of ether oxygens (including phenoxy) is 2. The van der Waals surface area contributed by atoms with E-state index < -0.39 is 18.0 Å². The van der Waals surface area contributed by atoms with E-state index >= 15 is 0 Å². The molecule has 2 aromatic carbocycles. The molecule has 3 atom stereocenters. The summed E-state index contributed by atoms with van der Waals surface area (Å²) in [4.78, 5) is 61.9. The fourth-order valence-electron chi connectivity index (χ4n) is 5.99. The van der Waals surface area contributed by atoms with Crippen molar-refractivity contribution in [1.82, 2.24) is 30.8 Å². The number of H-pyrrole nitrogens is 1. The number of pyridine rings is 1. The van der Waals surface area contributed by atoms with Gasteiger partial charge < -0.3 is 40.4 Å². The number of hydrogen-bond donors (Lipinski definition) is 5. The van der Waals surface area contributed by atoms with Crippen molar-refractivity contribution in [2.75, 3.05) is 32.8 Å². The lowest BCUT2D eigenvalue weighted by atomic mass is 10.1. The number of para-hydroxylation sites is 1. The van der Waals surface area contributed by atoms with Crippen molar-refractivity contribution < 1.29 is 33.8 Å². The van der Waals surface area contributed by atoms with Crippen LogP contribution in [-0.2, 0) is 14.3 Å². The third-order valence-electron chi connectivity index (χ3n) is 8.52. The molecule has 0 bridgehead atoms. The van der Waals surface area contributed by atoms with Gasteiger partial charge in [-0.05, 0) is 68.7 Å². The smallest absolute Gasteiger partial charge is 0.404 e. The van der Waals surface area contributed by atoms with Crippen LogP contribution in [0, 0.1) is 5.92 Å². The van der Waals surface area contributed by atoms with E-state index in [4.69, 9.17) is 14.6 Å². The Kier molecular flexibility index (Phi) is 10.6. The van der Waals surface area contributed by atoms with E-state index in [-0.39, 0.29) is 30.3 Å². The Balaban J connectivity index is 1.07. The summed E-state index contributed by atoms with van der Waals surface area (Å²) in [5, 5.41) is 17.7. The highest BCUT2D eigenvalue weighted by atomic mass is 32.2. The van der Waals surface area contributed by atoms with Gasteiger partial charge >= 0.3 is 6.09 Å². The molecule has 0 radical (unpaired) electrons. The summed E-state index contributed by atoms with van der Waals surface area (Å²) >= 11 is 1.56. The number of benzene rings is 2. The van der Waals surface area contributed by atoms with E-state index in [2.05, 4.69) is 25.9 Å². The van der Waals surface area contributed by atoms with Gasteiger partial charge in [-0.15, -0.1) is 0 Å². The van der Waals surface area contributed by atoms with Crippen LogP contribution in [0.25, 0.3) is 10.9 Å². The van der Waals surface area contributed by atoms with Crippen molar-refractivity contribution in [3.63, 3.8) is 0 Å². The number of nitrogens with one attached hydrogen (secondary N) is 4. The predicted octanol–water partition coefficient (Wildman–Crippen LogP) is 4.71. The van der Waals surface area contributed by atoms with Crippen LogP contribution in [0.2, 0.25) is 0 Å². The van der Waals surface area contributed by atoms with Gasteiger partial charge in [-0.3, -0.25) is 19.4 Å². The Bertz CT molecular complexity index is 1810. The Morgan fingerprint density at radius 2 is 1.92 bits per heavy atom. The molecule has 2 aliphatic heterocycles. The molecule has 0 aliphatic carbocycles. The Labute approximate surface area is 287 Å². The highest BCUT2D eigenvalue weighted by molar-refractivity contribution is 7.99. The van der Waals surface area contributed by atoms with E-state index in [0.717, 1.165) is 32.1 Å². The van der Waals surface area contributed by atoms with E-state index in [0.29, 0.717) is 56.9 Å². The molecule has 14 heteroatoms. The first kappa shape index (κ1) is 33.8. The average Bonchev–Trinajstić information content (AvgIpc) is 3.74. The molecule has 4 aromatic rings. The summed E-state index contributed by atoms with van der Waals surface area (Å²) in [5.41, 5.74) is 2.08. The minimum atomic E-state index is -1.06. The van der Waals surface area contributed by atoms with Crippen LogP contribution in [0.3, 0.4) is 0 Å². The van der Waals surface area contributed by atoms with Crippen LogP contribution >= 0.6 is 11.8 Å². The predicted molar refractivity (Wildman–Crippen MR) is 182 cm³/mol. The number of likely N-dealkylation sites (tertiary alicyclic amines) is 1. The normalized spacial score (nSPS) is 17.0. The first-order valence-corrected chi connectivity index (χ1v) is 17.0. The van der Waals surface area contributed by atoms with Crippen molar-refractivity contribution in [3.8, 4) is 11.5 Å². The second kappa shape index (κ2) is 15.4. The number of carboxylic acid groups (broad SMARTS) is 1. The zero-order valence-electron chi connectivity index (χ0n) is 26.9. The van der Waals surface area contributed by atoms with Gasteiger partial charge in [0.15, 0.2) is 0 Å². The van der Waals surface area contributed by atoms with Gasteiger partial charge in [-0.1, -0.05) is 23.9 Å². The fourth-order valence-corrected chi connectivity index (χ4v) is 6.92. The maximum absolute atomic E-state index is 13.7. The number of carbonyl (C=O) groups is 4. The summed E-state index contributed by atoms with van der Waals surface area (Å²) in [6.45, 7) is 2.99. The van der Waals surface area contributed by atoms with Crippen molar-refractivity contribution in [1.29, 1.82) is 0 Å². The molecular formula is C35H38N6O7S. The molecule has 1 unspecified atom stereocenters. The molecule has 4 amide bonds. The van der Waals surface area contributed by atoms with Gasteiger partial charge in [0.1, 0.15) is 17.5 Å². The molecule has 6 rings (SSSR count). The molecule has 13 nitrogen and oxygen atoms in total. The second-order valence-electron chi connectivity index (χ2n) is 12.1. The largest absolute Gasteiger partial charge is 0.465 e. The molecule has 49 heavy (non-hydrogen) atoms. The van der Waals surface area contributed by atoms with Crippen LogP contribution < -0.4 is 20.7 Å². The summed E-state index contributed by atoms with van der Waals surface area (Å²) in [6, 6.07) is 15.5. The van der Waals surface area contributed by atoms with Gasteiger partial charge in [-0.25, -0.2) is 4.79 Å².